The summed E-state index contributed by atoms with van der Waals surface area (Å²) in [7, 11) is 0. The van der Waals surface area contributed by atoms with E-state index in [9.17, 15) is 0 Å². The van der Waals surface area contributed by atoms with Crippen LogP contribution in [0.1, 0.15) is 31.4 Å². The van der Waals surface area contributed by atoms with Crippen molar-refractivity contribution in [2.24, 2.45) is 0 Å². The highest BCUT2D eigenvalue weighted by atomic mass is 35.5. The van der Waals surface area contributed by atoms with Crippen LogP contribution >= 0.6 is 11.6 Å². The minimum absolute atomic E-state index is 0.313. The van der Waals surface area contributed by atoms with Crippen molar-refractivity contribution in [3.8, 4) is 11.8 Å². The third-order valence-corrected chi connectivity index (χ3v) is 4.73. The maximum Gasteiger partial charge on any atom is 0.168 e. The van der Waals surface area contributed by atoms with Crippen LogP contribution < -0.4 is 5.48 Å². The molecular weight excluding hydrogens is 316 g/mol. The Morgan fingerprint density at radius 2 is 1.91 bits per heavy atom. The quantitative estimate of drug-likeness (QED) is 0.740. The zero-order chi connectivity index (χ0) is 15.8. The predicted octanol–water partition coefficient (Wildman–Crippen LogP) is 2.56. The lowest BCUT2D eigenvalue weighted by molar-refractivity contribution is -0.205. The van der Waals surface area contributed by atoms with E-state index in [1.165, 1.54) is 0 Å². The number of rotatable bonds is 0. The molecule has 23 heavy (non-hydrogen) atoms. The molecule has 2 aliphatic heterocycles. The zero-order valence-electron chi connectivity index (χ0n) is 12.6. The normalized spacial score (nSPS) is 24.1. The third kappa shape index (κ3) is 3.08. The van der Waals surface area contributed by atoms with Gasteiger partial charge in [-0.15, -0.1) is 0 Å². The highest BCUT2D eigenvalue weighted by molar-refractivity contribution is 6.30. The summed E-state index contributed by atoms with van der Waals surface area (Å²) < 4.78 is 11.5. The molecule has 1 aromatic heterocycles. The van der Waals surface area contributed by atoms with Crippen molar-refractivity contribution in [2.45, 2.75) is 37.1 Å². The van der Waals surface area contributed by atoms with Crippen LogP contribution in [0.2, 0.25) is 5.02 Å². The van der Waals surface area contributed by atoms with Crippen molar-refractivity contribution in [2.75, 3.05) is 13.2 Å². The molecule has 1 aliphatic carbocycles. The van der Waals surface area contributed by atoms with Gasteiger partial charge < -0.3 is 9.47 Å². The lowest BCUT2D eigenvalue weighted by Crippen LogP contribution is -2.43. The molecule has 5 nitrogen and oxygen atoms in total. The van der Waals surface area contributed by atoms with Crippen LogP contribution in [-0.4, -0.2) is 29.6 Å². The van der Waals surface area contributed by atoms with Crippen molar-refractivity contribution in [1.82, 2.24) is 10.5 Å². The standard InChI is InChI=1S/C17H17ClN2O3/c18-13-3-8-19-14(11-13)1-2-15-12-16(23-20-15)4-6-17(7-5-16)21-9-10-22-17/h3,8,11-12,20H,4-7,9-10H2. The Hall–Kier alpha value is -1.58. The summed E-state index contributed by atoms with van der Waals surface area (Å²) >= 11 is 5.93. The molecule has 4 rings (SSSR count). The smallest absolute Gasteiger partial charge is 0.168 e. The molecule has 0 atom stereocenters. The van der Waals surface area contributed by atoms with Crippen molar-refractivity contribution in [3.63, 3.8) is 0 Å². The first-order valence-electron chi connectivity index (χ1n) is 7.76. The van der Waals surface area contributed by atoms with E-state index in [2.05, 4.69) is 28.4 Å². The largest absolute Gasteiger partial charge is 0.348 e. The highest BCUT2D eigenvalue weighted by Gasteiger charge is 2.48. The van der Waals surface area contributed by atoms with E-state index >= 15 is 0 Å². The lowest BCUT2D eigenvalue weighted by atomic mass is 9.81. The summed E-state index contributed by atoms with van der Waals surface area (Å²) in [5, 5.41) is 0.625. The van der Waals surface area contributed by atoms with Gasteiger partial charge in [-0.1, -0.05) is 11.6 Å². The Labute approximate surface area is 139 Å². The van der Waals surface area contributed by atoms with Crippen LogP contribution in [0.5, 0.6) is 0 Å². The van der Waals surface area contributed by atoms with E-state index in [-0.39, 0.29) is 11.4 Å². The molecule has 120 valence electrons. The van der Waals surface area contributed by atoms with Crippen LogP contribution in [0.4, 0.5) is 0 Å². The van der Waals surface area contributed by atoms with Crippen LogP contribution in [0.3, 0.4) is 0 Å². The molecule has 1 N–H and O–H groups in total. The van der Waals surface area contributed by atoms with E-state index in [1.54, 1.807) is 18.3 Å². The Bertz CT molecular complexity index is 691. The molecule has 1 saturated heterocycles. The van der Waals surface area contributed by atoms with Gasteiger partial charge in [0.15, 0.2) is 5.79 Å². The van der Waals surface area contributed by atoms with Gasteiger partial charge in [0.1, 0.15) is 17.0 Å². The molecule has 3 aliphatic rings. The Kier molecular flexibility index (Phi) is 3.78. The number of nitrogens with one attached hydrogen (secondary N) is 1. The minimum Gasteiger partial charge on any atom is -0.348 e. The fraction of sp³-hybridized carbons (Fsp3) is 0.471. The van der Waals surface area contributed by atoms with Gasteiger partial charge in [-0.05, 0) is 42.9 Å². The first-order chi connectivity index (χ1) is 11.2. The molecule has 0 unspecified atom stereocenters. The maximum absolute atomic E-state index is 5.93. The fourth-order valence-electron chi connectivity index (χ4n) is 3.23. The number of hydroxylamine groups is 1. The number of hydrogen-bond acceptors (Lipinski definition) is 5. The first kappa shape index (κ1) is 15.0. The minimum atomic E-state index is -0.387. The van der Waals surface area contributed by atoms with E-state index in [4.69, 9.17) is 25.9 Å². The number of allylic oxidation sites excluding steroid dienone is 1. The molecule has 0 aromatic carbocycles. The van der Waals surface area contributed by atoms with E-state index < -0.39 is 0 Å². The number of nitrogens with zero attached hydrogens (tertiary/aromatic N) is 1. The molecule has 3 heterocycles. The molecule has 1 aromatic rings. The summed E-state index contributed by atoms with van der Waals surface area (Å²) in [6.45, 7) is 1.37. The third-order valence-electron chi connectivity index (χ3n) is 4.49. The zero-order valence-corrected chi connectivity index (χ0v) is 13.4. The summed E-state index contributed by atoms with van der Waals surface area (Å²) in [6.07, 6.45) is 7.07. The number of ether oxygens (including phenoxy) is 2. The predicted molar refractivity (Wildman–Crippen MR) is 84.3 cm³/mol. The number of aromatic nitrogens is 1. The summed E-state index contributed by atoms with van der Waals surface area (Å²) in [4.78, 5) is 9.97. The van der Waals surface area contributed by atoms with E-state index in [1.807, 2.05) is 0 Å². The van der Waals surface area contributed by atoms with Gasteiger partial charge in [0.2, 0.25) is 0 Å². The molecule has 2 fully saturated rings. The number of pyridine rings is 1. The Balaban J connectivity index is 1.46. The topological polar surface area (TPSA) is 52.6 Å². The van der Waals surface area contributed by atoms with Crippen LogP contribution in [0.15, 0.2) is 30.1 Å². The average Bonchev–Trinajstić information content (AvgIpc) is 3.17. The van der Waals surface area contributed by atoms with Gasteiger partial charge in [0, 0.05) is 24.1 Å². The van der Waals surface area contributed by atoms with Crippen molar-refractivity contribution >= 4 is 11.6 Å². The van der Waals surface area contributed by atoms with Crippen LogP contribution in [0, 0.1) is 11.8 Å². The molecule has 0 amide bonds. The van der Waals surface area contributed by atoms with Crippen molar-refractivity contribution < 1.29 is 14.3 Å². The Morgan fingerprint density at radius 1 is 1.13 bits per heavy atom. The summed E-state index contributed by atoms with van der Waals surface area (Å²) in [5.41, 5.74) is 4.01. The van der Waals surface area contributed by atoms with Gasteiger partial charge in [0.05, 0.1) is 13.2 Å². The van der Waals surface area contributed by atoms with Crippen molar-refractivity contribution in [1.29, 1.82) is 0 Å². The monoisotopic (exact) mass is 332 g/mol. The van der Waals surface area contributed by atoms with E-state index in [0.29, 0.717) is 23.9 Å². The fourth-order valence-corrected chi connectivity index (χ4v) is 3.39. The molecule has 6 heteroatoms. The molecular formula is C17H17ClN2O3. The Morgan fingerprint density at radius 3 is 2.65 bits per heavy atom. The number of hydrogen-bond donors (Lipinski definition) is 1. The summed E-state index contributed by atoms with van der Waals surface area (Å²) in [5.74, 6) is 5.65. The second-order valence-electron chi connectivity index (χ2n) is 6.04. The van der Waals surface area contributed by atoms with Crippen LogP contribution in [-0.2, 0) is 14.3 Å². The van der Waals surface area contributed by atoms with Gasteiger partial charge in [-0.25, -0.2) is 4.98 Å². The lowest BCUT2D eigenvalue weighted by Gasteiger charge is -2.39. The second kappa shape index (κ2) is 5.81. The van der Waals surface area contributed by atoms with Crippen molar-refractivity contribution in [3.05, 3.63) is 40.8 Å². The first-order valence-corrected chi connectivity index (χ1v) is 8.13. The second-order valence-corrected chi connectivity index (χ2v) is 6.48. The van der Waals surface area contributed by atoms with Gasteiger partial charge in [0.25, 0.3) is 0 Å². The molecule has 2 spiro atoms. The molecule has 0 bridgehead atoms. The van der Waals surface area contributed by atoms with Crippen LogP contribution in [0.25, 0.3) is 0 Å². The average molecular weight is 333 g/mol. The SMILES string of the molecule is Clc1ccnc(C#CC2=CC3(CCC4(CC3)OCCO4)ON2)c1. The molecule has 0 radical (unpaired) electrons. The maximum atomic E-state index is 5.93. The van der Waals surface area contributed by atoms with Gasteiger partial charge in [-0.2, -0.15) is 0 Å². The summed E-state index contributed by atoms with van der Waals surface area (Å²) in [6, 6.07) is 3.46. The van der Waals surface area contributed by atoms with Gasteiger partial charge >= 0.3 is 0 Å². The number of halogens is 1. The highest BCUT2D eigenvalue weighted by Crippen LogP contribution is 2.43. The van der Waals surface area contributed by atoms with Gasteiger partial charge in [-0.3, -0.25) is 10.3 Å². The van der Waals surface area contributed by atoms with E-state index in [0.717, 1.165) is 31.4 Å². The molecule has 1 saturated carbocycles.